The lowest BCUT2D eigenvalue weighted by Crippen LogP contribution is -2.09. The predicted molar refractivity (Wildman–Crippen MR) is 125 cm³/mol. The van der Waals surface area contributed by atoms with Crippen LogP contribution >= 0.6 is 12.2 Å². The fourth-order valence-electron chi connectivity index (χ4n) is 3.66. The number of nitrogens with zero attached hydrogens (tertiary/aromatic N) is 3. The van der Waals surface area contributed by atoms with E-state index in [1.807, 2.05) is 66.7 Å². The van der Waals surface area contributed by atoms with E-state index in [9.17, 15) is 4.39 Å². The van der Waals surface area contributed by atoms with Gasteiger partial charge >= 0.3 is 0 Å². The summed E-state index contributed by atoms with van der Waals surface area (Å²) in [4.78, 5) is 9.37. The largest absolute Gasteiger partial charge is 0.384 e. The summed E-state index contributed by atoms with van der Waals surface area (Å²) in [6.07, 6.45) is 0. The first-order valence-electron chi connectivity index (χ1n) is 9.72. The van der Waals surface area contributed by atoms with Crippen LogP contribution in [0.4, 0.5) is 10.2 Å². The van der Waals surface area contributed by atoms with Gasteiger partial charge in [0.25, 0.3) is 0 Å². The number of rotatable bonds is 3. The third-order valence-corrected chi connectivity index (χ3v) is 5.40. The fourth-order valence-corrected chi connectivity index (χ4v) is 3.95. The van der Waals surface area contributed by atoms with Crippen molar-refractivity contribution < 1.29 is 4.39 Å². The average molecular weight is 425 g/mol. The molecule has 150 valence electrons. The minimum absolute atomic E-state index is 0.258. The lowest BCUT2D eigenvalue weighted by molar-refractivity contribution is 0.627. The van der Waals surface area contributed by atoms with E-state index in [1.165, 1.54) is 12.1 Å². The Morgan fingerprint density at radius 2 is 1.39 bits per heavy atom. The Hall–Kier alpha value is -3.90. The fraction of sp³-hybridized carbons (Fsp3) is 0. The summed E-state index contributed by atoms with van der Waals surface area (Å²) >= 11 is 5.54. The smallest absolute Gasteiger partial charge is 0.207 e. The van der Waals surface area contributed by atoms with Crippen LogP contribution in [-0.4, -0.2) is 14.5 Å². The van der Waals surface area contributed by atoms with Crippen molar-refractivity contribution >= 4 is 29.1 Å². The number of fused-ring (bicyclic) bond motifs is 1. The van der Waals surface area contributed by atoms with Gasteiger partial charge in [0.2, 0.25) is 4.77 Å². The van der Waals surface area contributed by atoms with E-state index in [4.69, 9.17) is 22.9 Å². The number of aromatic nitrogens is 3. The van der Waals surface area contributed by atoms with Crippen LogP contribution < -0.4 is 5.73 Å². The highest BCUT2D eigenvalue weighted by atomic mass is 32.1. The lowest BCUT2D eigenvalue weighted by atomic mass is 10.00. The summed E-state index contributed by atoms with van der Waals surface area (Å²) in [6, 6.07) is 27.9. The molecule has 2 N–H and O–H groups in total. The molecule has 0 aliphatic rings. The number of pyridine rings is 1. The van der Waals surface area contributed by atoms with Crippen molar-refractivity contribution in [3.8, 4) is 28.1 Å². The third kappa shape index (κ3) is 3.47. The number of hydrogen-bond acceptors (Lipinski definition) is 4. The van der Waals surface area contributed by atoms with Crippen molar-refractivity contribution in [1.82, 2.24) is 14.5 Å². The van der Waals surface area contributed by atoms with Crippen molar-refractivity contribution in [3.05, 3.63) is 102 Å². The first-order valence-corrected chi connectivity index (χ1v) is 10.1. The molecule has 3 aromatic carbocycles. The molecule has 0 fully saturated rings. The molecule has 2 aromatic heterocycles. The maximum atomic E-state index is 13.5. The van der Waals surface area contributed by atoms with E-state index in [2.05, 4.69) is 4.98 Å². The lowest BCUT2D eigenvalue weighted by Gasteiger charge is -2.16. The first-order chi connectivity index (χ1) is 15.1. The number of halogens is 1. The van der Waals surface area contributed by atoms with Gasteiger partial charge in [-0.2, -0.15) is 4.98 Å². The van der Waals surface area contributed by atoms with E-state index < -0.39 is 0 Å². The van der Waals surface area contributed by atoms with E-state index >= 15 is 0 Å². The summed E-state index contributed by atoms with van der Waals surface area (Å²) < 4.78 is 15.4. The third-order valence-electron chi connectivity index (χ3n) is 5.13. The van der Waals surface area contributed by atoms with Gasteiger partial charge in [-0.1, -0.05) is 60.7 Å². The van der Waals surface area contributed by atoms with Gasteiger partial charge in [0.05, 0.1) is 16.8 Å². The van der Waals surface area contributed by atoms with Crippen LogP contribution in [0, 0.1) is 10.6 Å². The van der Waals surface area contributed by atoms with Gasteiger partial charge < -0.3 is 5.73 Å². The van der Waals surface area contributed by atoms with Crippen LogP contribution in [0.25, 0.3) is 39.1 Å². The predicted octanol–water partition coefficient (Wildman–Crippen LogP) is 6.21. The van der Waals surface area contributed by atoms with Crippen LogP contribution in [-0.2, 0) is 0 Å². The van der Waals surface area contributed by atoms with Crippen molar-refractivity contribution in [3.63, 3.8) is 0 Å². The second-order valence-electron chi connectivity index (χ2n) is 7.08. The summed E-state index contributed by atoms with van der Waals surface area (Å²) in [5.74, 6) is 0.0781. The Balaban J connectivity index is 1.86. The maximum absolute atomic E-state index is 13.5. The normalized spacial score (nSPS) is 11.0. The molecular weight excluding hydrogens is 407 g/mol. The van der Waals surface area contributed by atoms with Gasteiger partial charge in [0.15, 0.2) is 5.65 Å². The molecule has 0 bridgehead atoms. The quantitative estimate of drug-likeness (QED) is 0.350. The molecule has 4 nitrogen and oxygen atoms in total. The summed E-state index contributed by atoms with van der Waals surface area (Å²) in [5, 5.41) is 0.698. The Morgan fingerprint density at radius 1 is 0.774 bits per heavy atom. The molecule has 2 heterocycles. The molecule has 0 unspecified atom stereocenters. The Kier molecular flexibility index (Phi) is 4.76. The number of nitrogens with two attached hydrogens (primary N) is 1. The van der Waals surface area contributed by atoms with Gasteiger partial charge in [0.1, 0.15) is 11.6 Å². The average Bonchev–Trinajstić information content (AvgIpc) is 2.80. The monoisotopic (exact) mass is 424 g/mol. The number of anilines is 1. The number of nitrogen functional groups attached to an aromatic ring is 1. The standard InChI is InChI=1S/C25H17FN4S/c26-18-11-13-19(14-12-18)30-23(27)22-20(16-7-3-1-4-8-16)15-21(17-9-5-2-6-10-17)28-24(22)29-25(30)31/h1-15H,27H2. The van der Waals surface area contributed by atoms with Gasteiger partial charge in [-0.15, -0.1) is 0 Å². The van der Waals surface area contributed by atoms with Gasteiger partial charge in [-0.3, -0.25) is 4.57 Å². The molecule has 0 saturated carbocycles. The Labute approximate surface area is 183 Å². The van der Waals surface area contributed by atoms with Crippen molar-refractivity contribution in [2.45, 2.75) is 0 Å². The zero-order valence-electron chi connectivity index (χ0n) is 16.4. The second-order valence-corrected chi connectivity index (χ2v) is 7.44. The minimum atomic E-state index is -0.332. The zero-order chi connectivity index (χ0) is 21.4. The van der Waals surface area contributed by atoms with Crippen molar-refractivity contribution in [2.75, 3.05) is 5.73 Å². The van der Waals surface area contributed by atoms with Crippen LogP contribution in [0.5, 0.6) is 0 Å². The van der Waals surface area contributed by atoms with E-state index in [0.29, 0.717) is 22.5 Å². The molecule has 0 radical (unpaired) electrons. The molecular formula is C25H17FN4S. The number of hydrogen-bond donors (Lipinski definition) is 1. The molecule has 6 heteroatoms. The van der Waals surface area contributed by atoms with Crippen molar-refractivity contribution in [1.29, 1.82) is 0 Å². The number of benzene rings is 3. The molecule has 0 saturated heterocycles. The summed E-state index contributed by atoms with van der Waals surface area (Å²) in [7, 11) is 0. The topological polar surface area (TPSA) is 56.7 Å². The van der Waals surface area contributed by atoms with Crippen LogP contribution in [0.3, 0.4) is 0 Å². The molecule has 0 atom stereocenters. The highest BCUT2D eigenvalue weighted by Crippen LogP contribution is 2.35. The Morgan fingerprint density at radius 3 is 2.03 bits per heavy atom. The van der Waals surface area contributed by atoms with Crippen molar-refractivity contribution in [2.24, 2.45) is 0 Å². The highest BCUT2D eigenvalue weighted by Gasteiger charge is 2.17. The van der Waals surface area contributed by atoms with Crippen LogP contribution in [0.15, 0.2) is 91.0 Å². The maximum Gasteiger partial charge on any atom is 0.207 e. The minimum Gasteiger partial charge on any atom is -0.384 e. The van der Waals surface area contributed by atoms with Gasteiger partial charge in [0, 0.05) is 5.56 Å². The molecule has 0 spiro atoms. The SMILES string of the molecule is Nc1c2c(-c3ccccc3)cc(-c3ccccc3)nc2nc(=S)n1-c1ccc(F)cc1. The van der Waals surface area contributed by atoms with E-state index in [-0.39, 0.29) is 10.6 Å². The molecule has 5 rings (SSSR count). The van der Waals surface area contributed by atoms with E-state index in [1.54, 1.807) is 16.7 Å². The molecule has 5 aromatic rings. The highest BCUT2D eigenvalue weighted by molar-refractivity contribution is 7.71. The summed E-state index contributed by atoms with van der Waals surface area (Å²) in [6.45, 7) is 0. The molecule has 0 aliphatic carbocycles. The molecule has 31 heavy (non-hydrogen) atoms. The first kappa shape index (κ1) is 19.1. The Bertz CT molecular complexity index is 1450. The molecule has 0 aliphatic heterocycles. The van der Waals surface area contributed by atoms with Crippen LogP contribution in [0.2, 0.25) is 0 Å². The second kappa shape index (κ2) is 7.74. The zero-order valence-corrected chi connectivity index (χ0v) is 17.2. The van der Waals surface area contributed by atoms with Crippen LogP contribution in [0.1, 0.15) is 0 Å². The van der Waals surface area contributed by atoms with E-state index in [0.717, 1.165) is 22.4 Å². The van der Waals surface area contributed by atoms with Gasteiger partial charge in [-0.25, -0.2) is 9.37 Å². The van der Waals surface area contributed by atoms with Gasteiger partial charge in [-0.05, 0) is 53.7 Å². The summed E-state index contributed by atoms with van der Waals surface area (Å²) in [5.41, 5.74) is 11.4. The molecule has 0 amide bonds.